The minimum absolute atomic E-state index is 0. The second-order valence-electron chi connectivity index (χ2n) is 6.87. The number of benzene rings is 2. The molecule has 0 saturated heterocycles. The van der Waals surface area contributed by atoms with E-state index in [-0.39, 0.29) is 24.0 Å². The first-order valence-electron chi connectivity index (χ1n) is 9.89. The van der Waals surface area contributed by atoms with E-state index in [1.165, 1.54) is 11.8 Å². The van der Waals surface area contributed by atoms with Crippen LogP contribution in [0.4, 0.5) is 0 Å². The molecular weight excluding hydrogens is 513 g/mol. The van der Waals surface area contributed by atoms with Gasteiger partial charge in [-0.3, -0.25) is 4.99 Å². The van der Waals surface area contributed by atoms with Gasteiger partial charge in [0.05, 0.1) is 11.5 Å². The number of ether oxygens (including phenoxy) is 1. The fourth-order valence-electron chi connectivity index (χ4n) is 2.65. The highest BCUT2D eigenvalue weighted by molar-refractivity contribution is 14.0. The third-order valence-electron chi connectivity index (χ3n) is 4.26. The van der Waals surface area contributed by atoms with Crippen LogP contribution in [0.25, 0.3) is 0 Å². The monoisotopic (exact) mass is 545 g/mol. The number of halogens is 1. The minimum atomic E-state index is -3.15. The largest absolute Gasteiger partial charge is 0.494 e. The van der Waals surface area contributed by atoms with Crippen molar-refractivity contribution >= 4 is 39.8 Å². The summed E-state index contributed by atoms with van der Waals surface area (Å²) in [4.78, 5) is 4.92. The molecule has 0 aliphatic rings. The summed E-state index contributed by atoms with van der Waals surface area (Å²) in [7, 11) is -3.15. The van der Waals surface area contributed by atoms with Crippen molar-refractivity contribution < 1.29 is 13.2 Å². The molecule has 0 aliphatic carbocycles. The van der Waals surface area contributed by atoms with Crippen LogP contribution < -0.4 is 15.4 Å². The molecule has 8 heteroatoms. The number of aryl methyl sites for hydroxylation is 1. The normalized spacial score (nSPS) is 11.5. The average molecular weight is 545 g/mol. The van der Waals surface area contributed by atoms with Crippen LogP contribution in [0.1, 0.15) is 24.5 Å². The van der Waals surface area contributed by atoms with E-state index in [0.717, 1.165) is 36.7 Å². The SMILES string of the molecule is CCNC(=NCCCOc1ccc(C)cc1)NCCc1ccc(S(C)(=O)=O)cc1.I. The van der Waals surface area contributed by atoms with Gasteiger partial charge in [-0.1, -0.05) is 29.8 Å². The molecule has 0 heterocycles. The Morgan fingerprint density at radius 1 is 1.03 bits per heavy atom. The van der Waals surface area contributed by atoms with Gasteiger partial charge < -0.3 is 15.4 Å². The van der Waals surface area contributed by atoms with E-state index < -0.39 is 9.84 Å². The molecule has 0 aromatic heterocycles. The fraction of sp³-hybridized carbons (Fsp3) is 0.409. The number of nitrogens with one attached hydrogen (secondary N) is 2. The van der Waals surface area contributed by atoms with Crippen LogP contribution in [0.15, 0.2) is 58.4 Å². The van der Waals surface area contributed by atoms with E-state index in [9.17, 15) is 8.42 Å². The average Bonchev–Trinajstić information content (AvgIpc) is 2.69. The zero-order chi connectivity index (χ0) is 21.1. The van der Waals surface area contributed by atoms with Crippen LogP contribution in [0, 0.1) is 6.92 Å². The highest BCUT2D eigenvalue weighted by Crippen LogP contribution is 2.12. The zero-order valence-electron chi connectivity index (χ0n) is 17.8. The van der Waals surface area contributed by atoms with Crippen molar-refractivity contribution in [2.75, 3.05) is 32.5 Å². The summed E-state index contributed by atoms with van der Waals surface area (Å²) in [6.45, 7) is 6.88. The molecule has 0 bridgehead atoms. The van der Waals surface area contributed by atoms with E-state index >= 15 is 0 Å². The van der Waals surface area contributed by atoms with E-state index in [1.54, 1.807) is 12.1 Å². The number of sulfone groups is 1. The fourth-order valence-corrected chi connectivity index (χ4v) is 3.28. The third-order valence-corrected chi connectivity index (χ3v) is 5.39. The van der Waals surface area contributed by atoms with Crippen LogP contribution in [-0.4, -0.2) is 46.9 Å². The van der Waals surface area contributed by atoms with Gasteiger partial charge in [-0.2, -0.15) is 0 Å². The molecule has 0 amide bonds. The maximum absolute atomic E-state index is 11.5. The highest BCUT2D eigenvalue weighted by atomic mass is 127. The molecule has 0 fully saturated rings. The molecule has 2 N–H and O–H groups in total. The van der Waals surface area contributed by atoms with Crippen molar-refractivity contribution in [1.82, 2.24) is 10.6 Å². The number of nitrogens with zero attached hydrogens (tertiary/aromatic N) is 1. The molecule has 6 nitrogen and oxygen atoms in total. The number of guanidine groups is 1. The lowest BCUT2D eigenvalue weighted by molar-refractivity contribution is 0.313. The van der Waals surface area contributed by atoms with Crippen LogP contribution in [0.2, 0.25) is 0 Å². The molecule has 2 aromatic carbocycles. The Morgan fingerprint density at radius 3 is 2.30 bits per heavy atom. The first-order valence-corrected chi connectivity index (χ1v) is 11.8. The maximum atomic E-state index is 11.5. The third kappa shape index (κ3) is 9.80. The van der Waals surface area contributed by atoms with Crippen LogP contribution in [0.5, 0.6) is 5.75 Å². The second-order valence-corrected chi connectivity index (χ2v) is 8.88. The predicted molar refractivity (Wildman–Crippen MR) is 134 cm³/mol. The summed E-state index contributed by atoms with van der Waals surface area (Å²) in [5.41, 5.74) is 2.29. The van der Waals surface area contributed by atoms with Gasteiger partial charge in [-0.05, 0) is 50.1 Å². The Bertz CT molecular complexity index is 883. The summed E-state index contributed by atoms with van der Waals surface area (Å²) in [6.07, 6.45) is 2.83. The van der Waals surface area contributed by atoms with Gasteiger partial charge in [0.25, 0.3) is 0 Å². The lowest BCUT2D eigenvalue weighted by atomic mass is 10.1. The lowest BCUT2D eigenvalue weighted by Crippen LogP contribution is -2.38. The smallest absolute Gasteiger partial charge is 0.191 e. The first-order chi connectivity index (χ1) is 13.9. The van der Waals surface area contributed by atoms with Gasteiger partial charge in [0.2, 0.25) is 0 Å². The van der Waals surface area contributed by atoms with Gasteiger partial charge in [0, 0.05) is 32.3 Å². The van der Waals surface area contributed by atoms with E-state index in [0.29, 0.717) is 24.6 Å². The predicted octanol–water partition coefficient (Wildman–Crippen LogP) is 3.58. The zero-order valence-corrected chi connectivity index (χ0v) is 21.0. The van der Waals surface area contributed by atoms with Crippen molar-refractivity contribution in [2.45, 2.75) is 31.6 Å². The molecule has 166 valence electrons. The topological polar surface area (TPSA) is 79.8 Å². The second kappa shape index (κ2) is 13.5. The highest BCUT2D eigenvalue weighted by Gasteiger charge is 2.06. The van der Waals surface area contributed by atoms with Gasteiger partial charge in [0.15, 0.2) is 15.8 Å². The van der Waals surface area contributed by atoms with Gasteiger partial charge in [-0.25, -0.2) is 8.42 Å². The number of hydrogen-bond acceptors (Lipinski definition) is 4. The minimum Gasteiger partial charge on any atom is -0.494 e. The summed E-state index contributed by atoms with van der Waals surface area (Å²) < 4.78 is 28.8. The quantitative estimate of drug-likeness (QED) is 0.207. The molecule has 0 saturated carbocycles. The molecule has 0 aliphatic heterocycles. The number of rotatable bonds is 10. The summed E-state index contributed by atoms with van der Waals surface area (Å²) in [6, 6.07) is 15.0. The molecule has 30 heavy (non-hydrogen) atoms. The molecule has 0 unspecified atom stereocenters. The van der Waals surface area contributed by atoms with E-state index in [4.69, 9.17) is 4.74 Å². The Balaban J connectivity index is 0.00000450. The standard InChI is InChI=1S/C22H31N3O3S.HI/c1-4-23-22(24-15-5-17-28-20-10-6-18(2)7-11-20)25-16-14-19-8-12-21(13-9-19)29(3,26)27;/h6-13H,4-5,14-17H2,1-3H3,(H2,23,24,25);1H. The van der Waals surface area contributed by atoms with Crippen molar-refractivity contribution in [2.24, 2.45) is 4.99 Å². The summed E-state index contributed by atoms with van der Waals surface area (Å²) >= 11 is 0. The van der Waals surface area contributed by atoms with Gasteiger partial charge in [-0.15, -0.1) is 24.0 Å². The lowest BCUT2D eigenvalue weighted by Gasteiger charge is -2.12. The Labute approximate surface area is 197 Å². The first kappa shape index (κ1) is 26.2. The van der Waals surface area contributed by atoms with Gasteiger partial charge in [0.1, 0.15) is 5.75 Å². The maximum Gasteiger partial charge on any atom is 0.191 e. The Hall–Kier alpha value is -1.81. The van der Waals surface area contributed by atoms with Crippen LogP contribution in [-0.2, 0) is 16.3 Å². The summed E-state index contributed by atoms with van der Waals surface area (Å²) in [5.74, 6) is 1.65. The Morgan fingerprint density at radius 2 is 1.70 bits per heavy atom. The molecular formula is C22H32IN3O3S. The molecule has 2 rings (SSSR count). The molecule has 0 spiro atoms. The van der Waals surface area contributed by atoms with Crippen molar-refractivity contribution in [3.63, 3.8) is 0 Å². The number of hydrogen-bond donors (Lipinski definition) is 2. The van der Waals surface area contributed by atoms with E-state index in [2.05, 4.69) is 22.5 Å². The van der Waals surface area contributed by atoms with Crippen LogP contribution >= 0.6 is 24.0 Å². The van der Waals surface area contributed by atoms with Gasteiger partial charge >= 0.3 is 0 Å². The van der Waals surface area contributed by atoms with E-state index in [1.807, 2.05) is 43.3 Å². The summed E-state index contributed by atoms with van der Waals surface area (Å²) in [5, 5.41) is 6.54. The van der Waals surface area contributed by atoms with Crippen molar-refractivity contribution in [3.05, 3.63) is 59.7 Å². The van der Waals surface area contributed by atoms with Crippen molar-refractivity contribution in [1.29, 1.82) is 0 Å². The van der Waals surface area contributed by atoms with Crippen LogP contribution in [0.3, 0.4) is 0 Å². The molecule has 0 radical (unpaired) electrons. The number of aliphatic imine (C=N–C) groups is 1. The molecule has 2 aromatic rings. The Kier molecular flexibility index (Phi) is 11.8. The van der Waals surface area contributed by atoms with Crippen molar-refractivity contribution in [3.8, 4) is 5.75 Å². The molecule has 0 atom stereocenters.